The summed E-state index contributed by atoms with van der Waals surface area (Å²) in [5.41, 5.74) is 0.758. The molecule has 1 heterocycles. The highest BCUT2D eigenvalue weighted by molar-refractivity contribution is 5.77. The van der Waals surface area contributed by atoms with E-state index in [-0.39, 0.29) is 12.5 Å². The molecule has 0 radical (unpaired) electrons. The number of nitrogens with one attached hydrogen (secondary N) is 1. The van der Waals surface area contributed by atoms with Crippen LogP contribution in [0.5, 0.6) is 0 Å². The van der Waals surface area contributed by atoms with Crippen molar-refractivity contribution in [2.24, 2.45) is 0 Å². The molecular weight excluding hydrogens is 180 g/mol. The fourth-order valence-corrected chi connectivity index (χ4v) is 1.04. The van der Waals surface area contributed by atoms with Gasteiger partial charge in [-0.3, -0.25) is 9.78 Å². The lowest BCUT2D eigenvalue weighted by atomic mass is 10.2. The van der Waals surface area contributed by atoms with E-state index in [0.717, 1.165) is 5.69 Å². The van der Waals surface area contributed by atoms with Crippen molar-refractivity contribution in [3.63, 3.8) is 0 Å². The third-order valence-corrected chi connectivity index (χ3v) is 1.72. The molecule has 4 heteroatoms. The van der Waals surface area contributed by atoms with Crippen LogP contribution in [0.25, 0.3) is 0 Å². The zero-order valence-corrected chi connectivity index (χ0v) is 7.94. The molecule has 0 fully saturated rings. The van der Waals surface area contributed by atoms with Gasteiger partial charge in [-0.05, 0) is 18.6 Å². The standard InChI is InChI=1S/C10H14N2O2/c13-7-3-6-12-10(14)8-9-4-1-2-5-11-9/h1-2,4-5,13H,3,6-8H2,(H,12,14). The van der Waals surface area contributed by atoms with Gasteiger partial charge in [0.25, 0.3) is 0 Å². The van der Waals surface area contributed by atoms with Crippen molar-refractivity contribution in [2.75, 3.05) is 13.2 Å². The van der Waals surface area contributed by atoms with Gasteiger partial charge in [0.05, 0.1) is 6.42 Å². The van der Waals surface area contributed by atoms with Crippen LogP contribution in [0.3, 0.4) is 0 Å². The minimum atomic E-state index is -0.0582. The second-order valence-corrected chi connectivity index (χ2v) is 2.92. The van der Waals surface area contributed by atoms with Gasteiger partial charge in [0.1, 0.15) is 0 Å². The zero-order valence-electron chi connectivity index (χ0n) is 7.94. The number of hydrogen-bond donors (Lipinski definition) is 2. The van der Waals surface area contributed by atoms with E-state index in [1.807, 2.05) is 18.2 Å². The van der Waals surface area contributed by atoms with Gasteiger partial charge in [0.2, 0.25) is 5.91 Å². The summed E-state index contributed by atoms with van der Waals surface area (Å²) in [5.74, 6) is -0.0582. The van der Waals surface area contributed by atoms with Crippen molar-refractivity contribution in [1.29, 1.82) is 0 Å². The summed E-state index contributed by atoms with van der Waals surface area (Å²) in [6.07, 6.45) is 2.55. The molecule has 2 N–H and O–H groups in total. The molecule has 14 heavy (non-hydrogen) atoms. The Kier molecular flexibility index (Phi) is 4.64. The molecule has 76 valence electrons. The first-order chi connectivity index (χ1) is 6.83. The highest BCUT2D eigenvalue weighted by Crippen LogP contribution is 1.94. The van der Waals surface area contributed by atoms with Crippen LogP contribution < -0.4 is 5.32 Å². The maximum Gasteiger partial charge on any atom is 0.226 e. The molecule has 1 aromatic heterocycles. The quantitative estimate of drug-likeness (QED) is 0.654. The van der Waals surface area contributed by atoms with Gasteiger partial charge >= 0.3 is 0 Å². The van der Waals surface area contributed by atoms with Crippen LogP contribution in [0.4, 0.5) is 0 Å². The van der Waals surface area contributed by atoms with Gasteiger partial charge in [-0.15, -0.1) is 0 Å². The summed E-state index contributed by atoms with van der Waals surface area (Å²) in [4.78, 5) is 15.3. The van der Waals surface area contributed by atoms with Crippen molar-refractivity contribution < 1.29 is 9.90 Å². The number of pyridine rings is 1. The Bertz CT molecular complexity index is 275. The Labute approximate surface area is 83.0 Å². The normalized spacial score (nSPS) is 9.79. The molecule has 0 aliphatic rings. The number of nitrogens with zero attached hydrogens (tertiary/aromatic N) is 1. The number of amides is 1. The van der Waals surface area contributed by atoms with Crippen molar-refractivity contribution in [3.8, 4) is 0 Å². The first kappa shape index (κ1) is 10.7. The molecule has 1 rings (SSSR count). The van der Waals surface area contributed by atoms with E-state index in [9.17, 15) is 4.79 Å². The number of carbonyl (C=O) groups excluding carboxylic acids is 1. The molecule has 0 saturated carbocycles. The zero-order chi connectivity index (χ0) is 10.2. The number of aliphatic hydroxyl groups excluding tert-OH is 1. The van der Waals surface area contributed by atoms with E-state index in [1.54, 1.807) is 6.20 Å². The molecule has 1 aromatic rings. The maximum atomic E-state index is 11.3. The lowest BCUT2D eigenvalue weighted by molar-refractivity contribution is -0.120. The number of rotatable bonds is 5. The van der Waals surface area contributed by atoms with Crippen LogP contribution in [0.1, 0.15) is 12.1 Å². The van der Waals surface area contributed by atoms with Crippen molar-refractivity contribution in [3.05, 3.63) is 30.1 Å². The summed E-state index contributed by atoms with van der Waals surface area (Å²) in [5, 5.41) is 11.2. The van der Waals surface area contributed by atoms with Crippen molar-refractivity contribution >= 4 is 5.91 Å². The van der Waals surface area contributed by atoms with E-state index >= 15 is 0 Å². The van der Waals surface area contributed by atoms with Crippen LogP contribution in [-0.2, 0) is 11.2 Å². The summed E-state index contributed by atoms with van der Waals surface area (Å²) in [6, 6.07) is 5.47. The second kappa shape index (κ2) is 6.10. The molecule has 0 aromatic carbocycles. The number of aromatic nitrogens is 1. The topological polar surface area (TPSA) is 62.2 Å². The van der Waals surface area contributed by atoms with Crippen LogP contribution in [0.2, 0.25) is 0 Å². The smallest absolute Gasteiger partial charge is 0.226 e. The molecule has 0 spiro atoms. The van der Waals surface area contributed by atoms with Gasteiger partial charge in [0, 0.05) is 25.0 Å². The monoisotopic (exact) mass is 194 g/mol. The molecule has 1 amide bonds. The Balaban J connectivity index is 2.27. The number of aliphatic hydroxyl groups is 1. The van der Waals surface area contributed by atoms with Gasteiger partial charge in [-0.25, -0.2) is 0 Å². The molecule has 0 aliphatic heterocycles. The predicted octanol–water partition coefficient (Wildman–Crippen LogP) is 0.123. The fraction of sp³-hybridized carbons (Fsp3) is 0.400. The van der Waals surface area contributed by atoms with Crippen LogP contribution in [0.15, 0.2) is 24.4 Å². The Hall–Kier alpha value is -1.42. The lowest BCUT2D eigenvalue weighted by Gasteiger charge is -2.02. The summed E-state index contributed by atoms with van der Waals surface area (Å²) in [7, 11) is 0. The number of hydrogen-bond acceptors (Lipinski definition) is 3. The largest absolute Gasteiger partial charge is 0.396 e. The minimum Gasteiger partial charge on any atom is -0.396 e. The highest BCUT2D eigenvalue weighted by Gasteiger charge is 2.02. The second-order valence-electron chi connectivity index (χ2n) is 2.92. The Morgan fingerprint density at radius 2 is 2.36 bits per heavy atom. The minimum absolute atomic E-state index is 0.0582. The average Bonchev–Trinajstić information content (AvgIpc) is 2.20. The first-order valence-electron chi connectivity index (χ1n) is 4.60. The van der Waals surface area contributed by atoms with E-state index in [4.69, 9.17) is 5.11 Å². The lowest BCUT2D eigenvalue weighted by Crippen LogP contribution is -2.26. The molecular formula is C10H14N2O2. The molecule has 0 bridgehead atoms. The molecule has 0 unspecified atom stereocenters. The molecule has 4 nitrogen and oxygen atoms in total. The third kappa shape index (κ3) is 4.00. The maximum absolute atomic E-state index is 11.3. The van der Waals surface area contributed by atoms with Gasteiger partial charge in [-0.1, -0.05) is 6.07 Å². The third-order valence-electron chi connectivity index (χ3n) is 1.72. The van der Waals surface area contributed by atoms with Crippen LogP contribution in [0, 0.1) is 0 Å². The SMILES string of the molecule is O=C(Cc1ccccn1)NCCCO. The van der Waals surface area contributed by atoms with Gasteiger partial charge in [0.15, 0.2) is 0 Å². The van der Waals surface area contributed by atoms with Crippen LogP contribution in [-0.4, -0.2) is 29.1 Å². The highest BCUT2D eigenvalue weighted by atomic mass is 16.3. The van der Waals surface area contributed by atoms with Crippen LogP contribution >= 0.6 is 0 Å². The van der Waals surface area contributed by atoms with Gasteiger partial charge in [-0.2, -0.15) is 0 Å². The van der Waals surface area contributed by atoms with E-state index in [1.165, 1.54) is 0 Å². The molecule has 0 aliphatic carbocycles. The van der Waals surface area contributed by atoms with E-state index in [2.05, 4.69) is 10.3 Å². The summed E-state index contributed by atoms with van der Waals surface area (Å²) >= 11 is 0. The molecule has 0 atom stereocenters. The van der Waals surface area contributed by atoms with E-state index < -0.39 is 0 Å². The Morgan fingerprint density at radius 3 is 3.00 bits per heavy atom. The van der Waals surface area contributed by atoms with E-state index in [0.29, 0.717) is 19.4 Å². The predicted molar refractivity (Wildman–Crippen MR) is 52.7 cm³/mol. The van der Waals surface area contributed by atoms with Gasteiger partial charge < -0.3 is 10.4 Å². The summed E-state index contributed by atoms with van der Waals surface area (Å²) < 4.78 is 0. The fourth-order valence-electron chi connectivity index (χ4n) is 1.04. The molecule has 0 saturated heterocycles. The number of carbonyl (C=O) groups is 1. The Morgan fingerprint density at radius 1 is 1.50 bits per heavy atom. The first-order valence-corrected chi connectivity index (χ1v) is 4.60. The summed E-state index contributed by atoms with van der Waals surface area (Å²) in [6.45, 7) is 0.617. The van der Waals surface area contributed by atoms with Crippen molar-refractivity contribution in [2.45, 2.75) is 12.8 Å². The van der Waals surface area contributed by atoms with Crippen molar-refractivity contribution in [1.82, 2.24) is 10.3 Å². The average molecular weight is 194 g/mol.